The van der Waals surface area contributed by atoms with Gasteiger partial charge in [0.25, 0.3) is 5.91 Å². The number of amides is 1. The second-order valence-corrected chi connectivity index (χ2v) is 5.07. The fourth-order valence-corrected chi connectivity index (χ4v) is 2.45. The molecule has 6 heteroatoms. The first-order valence-corrected chi connectivity index (χ1v) is 7.01. The number of imidazole rings is 1. The van der Waals surface area contributed by atoms with E-state index in [1.165, 1.54) is 0 Å². The molecule has 2 aromatic rings. The summed E-state index contributed by atoms with van der Waals surface area (Å²) in [6, 6.07) is 7.60. The van der Waals surface area contributed by atoms with Crippen LogP contribution in [0.4, 0.5) is 5.69 Å². The third-order valence-electron chi connectivity index (χ3n) is 3.58. The van der Waals surface area contributed by atoms with Crippen LogP contribution in [0.5, 0.6) is 0 Å². The molecule has 1 aromatic carbocycles. The average Bonchev–Trinajstić information content (AvgIpc) is 3.19. The average molecular weight is 286 g/mol. The van der Waals surface area contributed by atoms with Crippen LogP contribution in [0, 0.1) is 0 Å². The van der Waals surface area contributed by atoms with E-state index >= 15 is 0 Å². The largest absolute Gasteiger partial charge is 0.364 e. The van der Waals surface area contributed by atoms with Crippen molar-refractivity contribution in [1.82, 2.24) is 9.55 Å². The number of hydrogen-bond acceptors (Lipinski definition) is 4. The molecule has 110 valence electrons. The Morgan fingerprint density at radius 1 is 1.48 bits per heavy atom. The number of nitrogens with two attached hydrogens (primary N) is 1. The lowest BCUT2D eigenvalue weighted by Gasteiger charge is -2.13. The molecule has 1 aliphatic rings. The number of carbonyl (C=O) groups excluding carboxylic acids is 1. The SMILES string of the molecule is NC[C@H]1CC[C@@H](C(=O)Nc2cccc(-n3ccnc3)c2)O1. The number of carbonyl (C=O) groups is 1. The van der Waals surface area contributed by atoms with Gasteiger partial charge < -0.3 is 20.4 Å². The van der Waals surface area contributed by atoms with Crippen molar-refractivity contribution in [2.45, 2.75) is 25.0 Å². The number of nitrogens with one attached hydrogen (secondary N) is 1. The van der Waals surface area contributed by atoms with Crippen molar-refractivity contribution in [3.05, 3.63) is 43.0 Å². The van der Waals surface area contributed by atoms with E-state index in [0.29, 0.717) is 6.54 Å². The van der Waals surface area contributed by atoms with E-state index in [0.717, 1.165) is 24.2 Å². The van der Waals surface area contributed by atoms with Crippen molar-refractivity contribution in [3.63, 3.8) is 0 Å². The molecule has 1 aliphatic heterocycles. The maximum Gasteiger partial charge on any atom is 0.253 e. The molecule has 1 saturated heterocycles. The Bertz CT molecular complexity index is 612. The summed E-state index contributed by atoms with van der Waals surface area (Å²) in [6.07, 6.45) is 6.43. The molecule has 3 rings (SSSR count). The zero-order valence-corrected chi connectivity index (χ0v) is 11.6. The van der Waals surface area contributed by atoms with Gasteiger partial charge in [0.15, 0.2) is 0 Å². The van der Waals surface area contributed by atoms with Crippen LogP contribution in [0.2, 0.25) is 0 Å². The van der Waals surface area contributed by atoms with E-state index in [2.05, 4.69) is 10.3 Å². The first-order chi connectivity index (χ1) is 10.3. The Labute approximate surface area is 122 Å². The standard InChI is InChI=1S/C15H18N4O2/c16-9-13-4-5-14(21-13)15(20)18-11-2-1-3-12(8-11)19-7-6-17-10-19/h1-3,6-8,10,13-14H,4-5,9,16H2,(H,18,20)/t13-,14+/m1/s1. The summed E-state index contributed by atoms with van der Waals surface area (Å²) >= 11 is 0. The van der Waals surface area contributed by atoms with Crippen LogP contribution in [-0.4, -0.2) is 34.2 Å². The third-order valence-corrected chi connectivity index (χ3v) is 3.58. The van der Waals surface area contributed by atoms with Gasteiger partial charge in [-0.15, -0.1) is 0 Å². The maximum atomic E-state index is 12.2. The molecule has 1 aromatic heterocycles. The lowest BCUT2D eigenvalue weighted by molar-refractivity contribution is -0.126. The summed E-state index contributed by atoms with van der Waals surface area (Å²) in [5.74, 6) is -0.117. The highest BCUT2D eigenvalue weighted by atomic mass is 16.5. The molecular weight excluding hydrogens is 268 g/mol. The second kappa shape index (κ2) is 6.07. The predicted octanol–water partition coefficient (Wildman–Crippen LogP) is 1.32. The third kappa shape index (κ3) is 3.12. The van der Waals surface area contributed by atoms with Crippen LogP contribution in [0.25, 0.3) is 5.69 Å². The molecule has 2 heterocycles. The van der Waals surface area contributed by atoms with Gasteiger partial charge in [-0.3, -0.25) is 4.79 Å². The minimum Gasteiger partial charge on any atom is -0.364 e. The zero-order valence-electron chi connectivity index (χ0n) is 11.6. The Morgan fingerprint density at radius 2 is 2.38 bits per heavy atom. The summed E-state index contributed by atoms with van der Waals surface area (Å²) in [7, 11) is 0. The van der Waals surface area contributed by atoms with Gasteiger partial charge in [0.1, 0.15) is 6.10 Å². The molecule has 0 saturated carbocycles. The minimum absolute atomic E-state index is 0.00182. The van der Waals surface area contributed by atoms with Crippen molar-refractivity contribution >= 4 is 11.6 Å². The summed E-state index contributed by atoms with van der Waals surface area (Å²) in [5, 5.41) is 2.89. The zero-order chi connectivity index (χ0) is 14.7. The van der Waals surface area contributed by atoms with E-state index in [4.69, 9.17) is 10.5 Å². The molecule has 21 heavy (non-hydrogen) atoms. The summed E-state index contributed by atoms with van der Waals surface area (Å²) in [4.78, 5) is 16.2. The molecular formula is C15H18N4O2. The van der Waals surface area contributed by atoms with Crippen molar-refractivity contribution in [2.75, 3.05) is 11.9 Å². The van der Waals surface area contributed by atoms with E-state index < -0.39 is 6.10 Å². The number of benzene rings is 1. The number of hydrogen-bond donors (Lipinski definition) is 2. The highest BCUT2D eigenvalue weighted by Crippen LogP contribution is 2.21. The van der Waals surface area contributed by atoms with Crippen LogP contribution in [0.1, 0.15) is 12.8 Å². The maximum absolute atomic E-state index is 12.2. The van der Waals surface area contributed by atoms with Crippen molar-refractivity contribution < 1.29 is 9.53 Å². The number of nitrogens with zero attached hydrogens (tertiary/aromatic N) is 2. The van der Waals surface area contributed by atoms with E-state index in [-0.39, 0.29) is 12.0 Å². The summed E-state index contributed by atoms with van der Waals surface area (Å²) in [5.41, 5.74) is 7.24. The van der Waals surface area contributed by atoms with Crippen LogP contribution >= 0.6 is 0 Å². The quantitative estimate of drug-likeness (QED) is 0.888. The van der Waals surface area contributed by atoms with Gasteiger partial charge in [0.05, 0.1) is 12.4 Å². The number of anilines is 1. The second-order valence-electron chi connectivity index (χ2n) is 5.07. The molecule has 0 bridgehead atoms. The van der Waals surface area contributed by atoms with E-state index in [1.807, 2.05) is 35.0 Å². The lowest BCUT2D eigenvalue weighted by atomic mass is 10.2. The van der Waals surface area contributed by atoms with Gasteiger partial charge in [-0.05, 0) is 31.0 Å². The molecule has 0 radical (unpaired) electrons. The fraction of sp³-hybridized carbons (Fsp3) is 0.333. The molecule has 1 amide bonds. The van der Waals surface area contributed by atoms with Crippen LogP contribution in [-0.2, 0) is 9.53 Å². The van der Waals surface area contributed by atoms with E-state index in [9.17, 15) is 4.79 Å². The number of aromatic nitrogens is 2. The Hall–Kier alpha value is -2.18. The Balaban J connectivity index is 1.68. The van der Waals surface area contributed by atoms with Gasteiger partial charge in [0.2, 0.25) is 0 Å². The highest BCUT2D eigenvalue weighted by molar-refractivity contribution is 5.94. The van der Waals surface area contributed by atoms with Gasteiger partial charge in [0, 0.05) is 30.3 Å². The van der Waals surface area contributed by atoms with Gasteiger partial charge in [-0.2, -0.15) is 0 Å². The molecule has 1 fully saturated rings. The molecule has 0 aliphatic carbocycles. The molecule has 2 atom stereocenters. The first kappa shape index (κ1) is 13.8. The number of rotatable bonds is 4. The van der Waals surface area contributed by atoms with Crippen molar-refractivity contribution in [3.8, 4) is 5.69 Å². The summed E-state index contributed by atoms with van der Waals surface area (Å²) in [6.45, 7) is 0.458. The molecule has 0 unspecified atom stereocenters. The van der Waals surface area contributed by atoms with Crippen LogP contribution in [0.3, 0.4) is 0 Å². The smallest absolute Gasteiger partial charge is 0.253 e. The molecule has 6 nitrogen and oxygen atoms in total. The van der Waals surface area contributed by atoms with Crippen LogP contribution in [0.15, 0.2) is 43.0 Å². The summed E-state index contributed by atoms with van der Waals surface area (Å²) < 4.78 is 7.48. The van der Waals surface area contributed by atoms with Crippen molar-refractivity contribution in [1.29, 1.82) is 0 Å². The highest BCUT2D eigenvalue weighted by Gasteiger charge is 2.29. The lowest BCUT2D eigenvalue weighted by Crippen LogP contribution is -2.29. The molecule has 0 spiro atoms. The fourth-order valence-electron chi connectivity index (χ4n) is 2.45. The first-order valence-electron chi connectivity index (χ1n) is 7.01. The van der Waals surface area contributed by atoms with Gasteiger partial charge in [-0.1, -0.05) is 6.07 Å². The van der Waals surface area contributed by atoms with Gasteiger partial charge in [-0.25, -0.2) is 4.98 Å². The molecule has 3 N–H and O–H groups in total. The normalized spacial score (nSPS) is 21.4. The van der Waals surface area contributed by atoms with Crippen molar-refractivity contribution in [2.24, 2.45) is 5.73 Å². The Kier molecular flexibility index (Phi) is 3.98. The predicted molar refractivity (Wildman–Crippen MR) is 79.1 cm³/mol. The monoisotopic (exact) mass is 286 g/mol. The minimum atomic E-state index is -0.407. The van der Waals surface area contributed by atoms with Crippen LogP contribution < -0.4 is 11.1 Å². The number of ether oxygens (including phenoxy) is 1. The topological polar surface area (TPSA) is 82.2 Å². The van der Waals surface area contributed by atoms with Gasteiger partial charge >= 0.3 is 0 Å². The van der Waals surface area contributed by atoms with E-state index in [1.54, 1.807) is 12.5 Å². The Morgan fingerprint density at radius 3 is 3.10 bits per heavy atom.